The average Bonchev–Trinajstić information content (AvgIpc) is 2.48. The number of nitrogens with zero attached hydrogens (tertiary/aromatic N) is 2. The highest BCUT2D eigenvalue weighted by Gasteiger charge is 2.31. The van der Waals surface area contributed by atoms with E-state index in [-0.39, 0.29) is 11.8 Å². The van der Waals surface area contributed by atoms with E-state index in [1.165, 1.54) is 10.6 Å². The van der Waals surface area contributed by atoms with Gasteiger partial charge in [-0.3, -0.25) is 4.79 Å². The third kappa shape index (κ3) is 4.54. The van der Waals surface area contributed by atoms with Crippen molar-refractivity contribution in [2.75, 3.05) is 26.4 Å². The molecular formula is C15H21BrN2O3S. The number of amides is 1. The van der Waals surface area contributed by atoms with E-state index in [0.29, 0.717) is 19.6 Å². The minimum Gasteiger partial charge on any atom is -0.341 e. The highest BCUT2D eigenvalue weighted by molar-refractivity contribution is 9.10. The first kappa shape index (κ1) is 17.4. The summed E-state index contributed by atoms with van der Waals surface area (Å²) in [6, 6.07) is 7.83. The molecule has 1 saturated heterocycles. The predicted octanol–water partition coefficient (Wildman–Crippen LogP) is 2.08. The van der Waals surface area contributed by atoms with E-state index in [0.717, 1.165) is 22.9 Å². The molecule has 5 nitrogen and oxygen atoms in total. The summed E-state index contributed by atoms with van der Waals surface area (Å²) in [6.07, 6.45) is 2.68. The zero-order valence-corrected chi connectivity index (χ0v) is 15.2. The second-order valence-electron chi connectivity index (χ2n) is 5.78. The van der Waals surface area contributed by atoms with Gasteiger partial charge in [-0.15, -0.1) is 0 Å². The lowest BCUT2D eigenvalue weighted by Gasteiger charge is -2.32. The number of carbonyl (C=O) groups is 1. The molecule has 1 aromatic carbocycles. The smallest absolute Gasteiger partial charge is 0.227 e. The maximum atomic E-state index is 12.5. The minimum absolute atomic E-state index is 0.0104. The Balaban J connectivity index is 1.99. The SMILES string of the molecule is CN(Cc1ccc(Br)cc1)C(=O)C1CCCN(S(C)(=O)=O)C1. The largest absolute Gasteiger partial charge is 0.341 e. The topological polar surface area (TPSA) is 57.7 Å². The lowest BCUT2D eigenvalue weighted by Crippen LogP contribution is -2.45. The first-order valence-electron chi connectivity index (χ1n) is 7.22. The molecule has 1 heterocycles. The Hall–Kier alpha value is -0.920. The van der Waals surface area contributed by atoms with Crippen LogP contribution in [0.2, 0.25) is 0 Å². The van der Waals surface area contributed by atoms with Crippen LogP contribution in [-0.2, 0) is 21.4 Å². The van der Waals surface area contributed by atoms with Gasteiger partial charge in [0.25, 0.3) is 0 Å². The Morgan fingerprint density at radius 3 is 2.59 bits per heavy atom. The normalized spacial score (nSPS) is 19.9. The average molecular weight is 389 g/mol. The van der Waals surface area contributed by atoms with Gasteiger partial charge < -0.3 is 4.90 Å². The molecule has 1 unspecified atom stereocenters. The quantitative estimate of drug-likeness (QED) is 0.793. The van der Waals surface area contributed by atoms with Gasteiger partial charge in [-0.05, 0) is 30.5 Å². The molecule has 122 valence electrons. The molecule has 2 rings (SSSR count). The number of benzene rings is 1. The van der Waals surface area contributed by atoms with E-state index in [1.54, 1.807) is 11.9 Å². The van der Waals surface area contributed by atoms with Crippen molar-refractivity contribution in [2.24, 2.45) is 5.92 Å². The van der Waals surface area contributed by atoms with Crippen LogP contribution in [0.5, 0.6) is 0 Å². The number of hydrogen-bond acceptors (Lipinski definition) is 3. The van der Waals surface area contributed by atoms with Crippen LogP contribution in [0.4, 0.5) is 0 Å². The zero-order chi connectivity index (χ0) is 16.3. The Morgan fingerprint density at radius 2 is 2.00 bits per heavy atom. The Bertz CT molecular complexity index is 631. The lowest BCUT2D eigenvalue weighted by atomic mass is 9.98. The van der Waals surface area contributed by atoms with Crippen LogP contribution < -0.4 is 0 Å². The van der Waals surface area contributed by atoms with Crippen molar-refractivity contribution in [3.8, 4) is 0 Å². The van der Waals surface area contributed by atoms with E-state index in [1.807, 2.05) is 24.3 Å². The lowest BCUT2D eigenvalue weighted by molar-refractivity contribution is -0.135. The number of carbonyl (C=O) groups excluding carboxylic acids is 1. The Labute approximate surface area is 140 Å². The van der Waals surface area contributed by atoms with Crippen LogP contribution in [0, 0.1) is 5.92 Å². The van der Waals surface area contributed by atoms with Gasteiger partial charge in [-0.1, -0.05) is 28.1 Å². The molecule has 0 N–H and O–H groups in total. The van der Waals surface area contributed by atoms with Crippen molar-refractivity contribution in [1.82, 2.24) is 9.21 Å². The first-order valence-corrected chi connectivity index (χ1v) is 9.86. The second-order valence-corrected chi connectivity index (χ2v) is 8.68. The molecule has 0 saturated carbocycles. The molecule has 7 heteroatoms. The maximum Gasteiger partial charge on any atom is 0.227 e. The van der Waals surface area contributed by atoms with Gasteiger partial charge in [0, 0.05) is 31.2 Å². The number of halogens is 1. The van der Waals surface area contributed by atoms with Gasteiger partial charge in [-0.2, -0.15) is 0 Å². The molecule has 0 radical (unpaired) electrons. The fraction of sp³-hybridized carbons (Fsp3) is 0.533. The molecule has 1 atom stereocenters. The number of hydrogen-bond donors (Lipinski definition) is 0. The molecular weight excluding hydrogens is 368 g/mol. The molecule has 1 aliphatic heterocycles. The summed E-state index contributed by atoms with van der Waals surface area (Å²) in [7, 11) is -1.46. The summed E-state index contributed by atoms with van der Waals surface area (Å²) >= 11 is 3.39. The van der Waals surface area contributed by atoms with E-state index in [2.05, 4.69) is 15.9 Å². The number of piperidine rings is 1. The van der Waals surface area contributed by atoms with Crippen LogP contribution in [0.1, 0.15) is 18.4 Å². The summed E-state index contributed by atoms with van der Waals surface area (Å²) in [5.74, 6) is -0.236. The standard InChI is InChI=1S/C15H21BrN2O3S/c1-17(10-12-5-7-14(16)8-6-12)15(19)13-4-3-9-18(11-13)22(2,20)21/h5-8,13H,3-4,9-11H2,1-2H3. The minimum atomic E-state index is -3.22. The van der Waals surface area contributed by atoms with E-state index in [9.17, 15) is 13.2 Å². The third-order valence-electron chi connectivity index (χ3n) is 3.91. The van der Waals surface area contributed by atoms with Crippen LogP contribution in [0.15, 0.2) is 28.7 Å². The highest BCUT2D eigenvalue weighted by Crippen LogP contribution is 2.21. The van der Waals surface area contributed by atoms with Crippen molar-refractivity contribution in [3.05, 3.63) is 34.3 Å². The van der Waals surface area contributed by atoms with Crippen molar-refractivity contribution in [1.29, 1.82) is 0 Å². The van der Waals surface area contributed by atoms with Crippen LogP contribution >= 0.6 is 15.9 Å². The van der Waals surface area contributed by atoms with Crippen molar-refractivity contribution in [2.45, 2.75) is 19.4 Å². The Morgan fingerprint density at radius 1 is 1.36 bits per heavy atom. The second kappa shape index (κ2) is 7.10. The third-order valence-corrected chi connectivity index (χ3v) is 5.71. The van der Waals surface area contributed by atoms with Gasteiger partial charge in [0.15, 0.2) is 0 Å². The van der Waals surface area contributed by atoms with Crippen LogP contribution in [0.25, 0.3) is 0 Å². The molecule has 22 heavy (non-hydrogen) atoms. The summed E-state index contributed by atoms with van der Waals surface area (Å²) < 4.78 is 25.7. The monoisotopic (exact) mass is 388 g/mol. The zero-order valence-electron chi connectivity index (χ0n) is 12.8. The van der Waals surface area contributed by atoms with E-state index >= 15 is 0 Å². The van der Waals surface area contributed by atoms with E-state index < -0.39 is 10.0 Å². The van der Waals surface area contributed by atoms with Crippen molar-refractivity contribution in [3.63, 3.8) is 0 Å². The van der Waals surface area contributed by atoms with Gasteiger partial charge in [0.05, 0.1) is 12.2 Å². The summed E-state index contributed by atoms with van der Waals surface area (Å²) in [4.78, 5) is 14.2. The maximum absolute atomic E-state index is 12.5. The van der Waals surface area contributed by atoms with Gasteiger partial charge in [0.2, 0.25) is 15.9 Å². The highest BCUT2D eigenvalue weighted by atomic mass is 79.9. The van der Waals surface area contributed by atoms with E-state index in [4.69, 9.17) is 0 Å². The molecule has 0 aliphatic carbocycles. The summed E-state index contributed by atoms with van der Waals surface area (Å²) in [6.45, 7) is 1.34. The first-order chi connectivity index (χ1) is 10.3. The number of rotatable bonds is 4. The Kier molecular flexibility index (Phi) is 5.63. The van der Waals surface area contributed by atoms with Gasteiger partial charge in [0.1, 0.15) is 0 Å². The van der Waals surface area contributed by atoms with Crippen molar-refractivity contribution < 1.29 is 13.2 Å². The van der Waals surface area contributed by atoms with Gasteiger partial charge in [-0.25, -0.2) is 12.7 Å². The van der Waals surface area contributed by atoms with Gasteiger partial charge >= 0.3 is 0 Å². The van der Waals surface area contributed by atoms with Crippen molar-refractivity contribution >= 4 is 31.9 Å². The molecule has 1 aliphatic rings. The molecule has 0 bridgehead atoms. The van der Waals surface area contributed by atoms with Crippen LogP contribution in [-0.4, -0.2) is 49.9 Å². The fourth-order valence-electron chi connectivity index (χ4n) is 2.70. The van der Waals surface area contributed by atoms with Crippen LogP contribution in [0.3, 0.4) is 0 Å². The molecule has 1 aromatic rings. The summed E-state index contributed by atoms with van der Waals surface area (Å²) in [5.41, 5.74) is 1.05. The number of sulfonamides is 1. The molecule has 0 aromatic heterocycles. The fourth-order valence-corrected chi connectivity index (χ4v) is 3.87. The summed E-state index contributed by atoms with van der Waals surface area (Å²) in [5, 5.41) is 0. The molecule has 0 spiro atoms. The predicted molar refractivity (Wildman–Crippen MR) is 89.8 cm³/mol. The molecule has 1 fully saturated rings. The molecule has 1 amide bonds.